The molecule has 0 fully saturated rings. The summed E-state index contributed by atoms with van der Waals surface area (Å²) in [4.78, 5) is 23.8. The number of thioether (sulfide) groups is 1. The summed E-state index contributed by atoms with van der Waals surface area (Å²) in [5, 5.41) is 3.43. The molecule has 2 N–H and O–H groups in total. The quantitative estimate of drug-likeness (QED) is 0.564. The zero-order chi connectivity index (χ0) is 15.5. The van der Waals surface area contributed by atoms with Gasteiger partial charge in [-0.3, -0.25) is 4.79 Å². The minimum absolute atomic E-state index is 0.152. The van der Waals surface area contributed by atoms with Crippen molar-refractivity contribution >= 4 is 46.0 Å². The van der Waals surface area contributed by atoms with Crippen LogP contribution in [0.3, 0.4) is 0 Å². The number of halogens is 1. The molecule has 0 bridgehead atoms. The number of carbonyl (C=O) groups excluding carboxylic acids is 1. The number of imidazole rings is 1. The molecule has 0 aliphatic rings. The van der Waals surface area contributed by atoms with E-state index in [1.165, 1.54) is 11.8 Å². The summed E-state index contributed by atoms with van der Waals surface area (Å²) in [6.45, 7) is 1.82. The Morgan fingerprint density at radius 3 is 2.91 bits per heavy atom. The van der Waals surface area contributed by atoms with Crippen molar-refractivity contribution in [2.24, 2.45) is 0 Å². The van der Waals surface area contributed by atoms with Crippen molar-refractivity contribution in [3.63, 3.8) is 0 Å². The molecule has 0 saturated carbocycles. The van der Waals surface area contributed by atoms with Crippen LogP contribution in [0.5, 0.6) is 0 Å². The molecule has 0 spiro atoms. The topological polar surface area (TPSA) is 70.7 Å². The van der Waals surface area contributed by atoms with Crippen molar-refractivity contribution in [3.8, 4) is 0 Å². The van der Waals surface area contributed by atoms with Crippen LogP contribution in [-0.4, -0.2) is 26.1 Å². The fraction of sp³-hybridized carbons (Fsp3) is 0.133. The SMILES string of the molecule is CC(Sc1nc2ccccc2[nH]1)C(=O)Nc1cccnc1Cl. The minimum Gasteiger partial charge on any atom is -0.333 e. The smallest absolute Gasteiger partial charge is 0.237 e. The lowest BCUT2D eigenvalue weighted by Crippen LogP contribution is -2.22. The number of anilines is 1. The van der Waals surface area contributed by atoms with Gasteiger partial charge in [-0.05, 0) is 31.2 Å². The standard InChI is InChI=1S/C15H13ClN4OS/c1-9(14(21)18-12-7-4-8-17-13(12)16)22-15-19-10-5-2-3-6-11(10)20-15/h2-9H,1H3,(H,18,21)(H,19,20). The van der Waals surface area contributed by atoms with Crippen molar-refractivity contribution in [1.82, 2.24) is 15.0 Å². The number of H-pyrrole nitrogens is 1. The van der Waals surface area contributed by atoms with Gasteiger partial charge < -0.3 is 10.3 Å². The van der Waals surface area contributed by atoms with Crippen molar-refractivity contribution < 1.29 is 4.79 Å². The Kier molecular flexibility index (Phi) is 4.31. The Balaban J connectivity index is 1.69. The number of pyridine rings is 1. The number of benzene rings is 1. The van der Waals surface area contributed by atoms with E-state index in [4.69, 9.17) is 11.6 Å². The number of para-hydroxylation sites is 2. The van der Waals surface area contributed by atoms with Gasteiger partial charge in [0.1, 0.15) is 0 Å². The van der Waals surface area contributed by atoms with E-state index in [1.807, 2.05) is 31.2 Å². The van der Waals surface area contributed by atoms with Crippen molar-refractivity contribution in [3.05, 3.63) is 47.7 Å². The van der Waals surface area contributed by atoms with Crippen LogP contribution in [0.15, 0.2) is 47.8 Å². The van der Waals surface area contributed by atoms with Crippen LogP contribution in [0.2, 0.25) is 5.15 Å². The molecule has 0 aliphatic heterocycles. The Morgan fingerprint density at radius 2 is 2.14 bits per heavy atom. The number of hydrogen-bond acceptors (Lipinski definition) is 4. The van der Waals surface area contributed by atoms with Crippen LogP contribution in [0, 0.1) is 0 Å². The first-order valence-corrected chi connectivity index (χ1v) is 7.92. The van der Waals surface area contributed by atoms with Gasteiger partial charge in [-0.2, -0.15) is 0 Å². The molecule has 0 radical (unpaired) electrons. The van der Waals surface area contributed by atoms with Crippen LogP contribution >= 0.6 is 23.4 Å². The lowest BCUT2D eigenvalue weighted by molar-refractivity contribution is -0.115. The van der Waals surface area contributed by atoms with Crippen LogP contribution in [0.1, 0.15) is 6.92 Å². The zero-order valence-electron chi connectivity index (χ0n) is 11.7. The van der Waals surface area contributed by atoms with Gasteiger partial charge >= 0.3 is 0 Å². The maximum Gasteiger partial charge on any atom is 0.237 e. The Morgan fingerprint density at radius 1 is 1.32 bits per heavy atom. The Bertz CT molecular complexity index is 787. The van der Waals surface area contributed by atoms with E-state index in [9.17, 15) is 4.79 Å². The van der Waals surface area contributed by atoms with E-state index in [0.29, 0.717) is 10.8 Å². The third kappa shape index (κ3) is 3.23. The monoisotopic (exact) mass is 332 g/mol. The van der Waals surface area contributed by atoms with Crippen LogP contribution < -0.4 is 5.32 Å². The van der Waals surface area contributed by atoms with Gasteiger partial charge in [0, 0.05) is 6.20 Å². The lowest BCUT2D eigenvalue weighted by atomic mass is 10.3. The van der Waals surface area contributed by atoms with Gasteiger partial charge in [-0.15, -0.1) is 0 Å². The predicted molar refractivity (Wildman–Crippen MR) is 89.3 cm³/mol. The number of nitrogens with zero attached hydrogens (tertiary/aromatic N) is 2. The van der Waals surface area contributed by atoms with E-state index in [0.717, 1.165) is 11.0 Å². The number of rotatable bonds is 4. The molecule has 5 nitrogen and oxygen atoms in total. The lowest BCUT2D eigenvalue weighted by Gasteiger charge is -2.11. The molecule has 3 aromatic rings. The maximum absolute atomic E-state index is 12.2. The van der Waals surface area contributed by atoms with Crippen molar-refractivity contribution in [2.75, 3.05) is 5.32 Å². The fourth-order valence-electron chi connectivity index (χ4n) is 1.92. The van der Waals surface area contributed by atoms with Gasteiger partial charge in [-0.1, -0.05) is 35.5 Å². The third-order valence-corrected chi connectivity index (χ3v) is 4.33. The van der Waals surface area contributed by atoms with E-state index < -0.39 is 0 Å². The molecule has 112 valence electrons. The highest BCUT2D eigenvalue weighted by molar-refractivity contribution is 8.00. The number of carbonyl (C=O) groups is 1. The normalized spacial score (nSPS) is 12.3. The summed E-state index contributed by atoms with van der Waals surface area (Å²) in [7, 11) is 0. The number of fused-ring (bicyclic) bond motifs is 1. The highest BCUT2D eigenvalue weighted by atomic mass is 35.5. The largest absolute Gasteiger partial charge is 0.333 e. The minimum atomic E-state index is -0.322. The molecule has 0 aliphatic carbocycles. The number of amides is 1. The summed E-state index contributed by atoms with van der Waals surface area (Å²) in [6.07, 6.45) is 1.57. The molecule has 3 rings (SSSR count). The average molecular weight is 333 g/mol. The molecule has 7 heteroatoms. The van der Waals surface area contributed by atoms with E-state index in [2.05, 4.69) is 20.3 Å². The second-order valence-electron chi connectivity index (χ2n) is 4.65. The van der Waals surface area contributed by atoms with Gasteiger partial charge in [0.25, 0.3) is 0 Å². The summed E-state index contributed by atoms with van der Waals surface area (Å²) >= 11 is 7.30. The number of aromatic nitrogens is 3. The van der Waals surface area contributed by atoms with E-state index in [1.54, 1.807) is 18.3 Å². The molecule has 1 amide bonds. The summed E-state index contributed by atoms with van der Waals surface area (Å²) in [5.74, 6) is -0.152. The van der Waals surface area contributed by atoms with Crippen molar-refractivity contribution in [1.29, 1.82) is 0 Å². The van der Waals surface area contributed by atoms with Crippen LogP contribution in [0.25, 0.3) is 11.0 Å². The van der Waals surface area contributed by atoms with Gasteiger partial charge in [-0.25, -0.2) is 9.97 Å². The molecule has 2 aromatic heterocycles. The summed E-state index contributed by atoms with van der Waals surface area (Å²) in [5.41, 5.74) is 2.34. The Labute approximate surface area is 136 Å². The molecule has 2 heterocycles. The molecule has 0 saturated heterocycles. The van der Waals surface area contributed by atoms with E-state index >= 15 is 0 Å². The average Bonchev–Trinajstić information content (AvgIpc) is 2.91. The Hall–Kier alpha value is -2.05. The molecule has 1 unspecified atom stereocenters. The number of aromatic amines is 1. The first-order chi connectivity index (χ1) is 10.6. The molecule has 1 atom stereocenters. The first-order valence-electron chi connectivity index (χ1n) is 6.66. The predicted octanol–water partition coefficient (Wildman–Crippen LogP) is 3.73. The molecular formula is C15H13ClN4OS. The number of nitrogens with one attached hydrogen (secondary N) is 2. The van der Waals surface area contributed by atoms with Gasteiger partial charge in [0.05, 0.1) is 22.0 Å². The maximum atomic E-state index is 12.2. The second-order valence-corrected chi connectivity index (χ2v) is 6.34. The molecule has 1 aromatic carbocycles. The van der Waals surface area contributed by atoms with Crippen LogP contribution in [-0.2, 0) is 4.79 Å². The third-order valence-electron chi connectivity index (χ3n) is 3.04. The zero-order valence-corrected chi connectivity index (χ0v) is 13.3. The summed E-state index contributed by atoms with van der Waals surface area (Å²) in [6, 6.07) is 11.2. The van der Waals surface area contributed by atoms with E-state index in [-0.39, 0.29) is 16.3 Å². The fourth-order valence-corrected chi connectivity index (χ4v) is 2.91. The first kappa shape index (κ1) is 14.9. The van der Waals surface area contributed by atoms with Crippen molar-refractivity contribution in [2.45, 2.75) is 17.3 Å². The highest BCUT2D eigenvalue weighted by Gasteiger charge is 2.17. The second kappa shape index (κ2) is 6.37. The van der Waals surface area contributed by atoms with Gasteiger partial charge in [0.2, 0.25) is 5.91 Å². The molecular weight excluding hydrogens is 320 g/mol. The molecule has 22 heavy (non-hydrogen) atoms. The summed E-state index contributed by atoms with van der Waals surface area (Å²) < 4.78 is 0. The van der Waals surface area contributed by atoms with Gasteiger partial charge in [0.15, 0.2) is 10.3 Å². The highest BCUT2D eigenvalue weighted by Crippen LogP contribution is 2.25. The number of hydrogen-bond donors (Lipinski definition) is 2. The van der Waals surface area contributed by atoms with Crippen LogP contribution in [0.4, 0.5) is 5.69 Å².